The van der Waals surface area contributed by atoms with Crippen LogP contribution in [-0.2, 0) is 13.1 Å². The molecule has 2 aliphatic heterocycles. The molecule has 142 valence electrons. The smallest absolute Gasteiger partial charge is 0.253 e. The maximum absolute atomic E-state index is 13.1. The third-order valence-electron chi connectivity index (χ3n) is 5.70. The number of amides is 1. The maximum Gasteiger partial charge on any atom is 0.253 e. The lowest BCUT2D eigenvalue weighted by Gasteiger charge is -2.42. The van der Waals surface area contributed by atoms with Gasteiger partial charge in [-0.1, -0.05) is 18.2 Å². The van der Waals surface area contributed by atoms with E-state index in [-0.39, 0.29) is 17.4 Å². The Labute approximate surface area is 161 Å². The average Bonchev–Trinajstić information content (AvgIpc) is 3.22. The fraction of sp³-hybridized carbons (Fsp3) is 0.350. The average molecular weight is 376 g/mol. The summed E-state index contributed by atoms with van der Waals surface area (Å²) in [6.07, 6.45) is 2.60. The molecule has 28 heavy (non-hydrogen) atoms. The highest BCUT2D eigenvalue weighted by Gasteiger charge is 2.36. The Morgan fingerprint density at radius 3 is 2.71 bits per heavy atom. The van der Waals surface area contributed by atoms with Crippen LogP contribution < -0.4 is 5.56 Å². The summed E-state index contributed by atoms with van der Waals surface area (Å²) in [7, 11) is 0. The van der Waals surface area contributed by atoms with Gasteiger partial charge in [-0.15, -0.1) is 5.10 Å². The fourth-order valence-corrected chi connectivity index (χ4v) is 4.44. The van der Waals surface area contributed by atoms with E-state index < -0.39 is 0 Å². The Morgan fingerprint density at radius 2 is 1.93 bits per heavy atom. The molecule has 0 aliphatic carbocycles. The van der Waals surface area contributed by atoms with Gasteiger partial charge in [0.25, 0.3) is 11.5 Å². The quantitative estimate of drug-likeness (QED) is 0.684. The predicted molar refractivity (Wildman–Crippen MR) is 101 cm³/mol. The highest BCUT2D eigenvalue weighted by Crippen LogP contribution is 2.35. The van der Waals surface area contributed by atoms with Crippen molar-refractivity contribution in [2.75, 3.05) is 13.1 Å². The number of fused-ring (bicyclic) bond motifs is 4. The van der Waals surface area contributed by atoms with E-state index in [4.69, 9.17) is 0 Å². The van der Waals surface area contributed by atoms with Gasteiger partial charge in [0.2, 0.25) is 0 Å². The second-order valence-corrected chi connectivity index (χ2v) is 7.61. The molecule has 0 saturated carbocycles. The zero-order valence-electron chi connectivity index (χ0n) is 15.3. The Morgan fingerprint density at radius 1 is 1.07 bits per heavy atom. The first-order chi connectivity index (χ1) is 13.7. The SMILES string of the molecule is O=C(c1ccc(Cn2cnnn2)cc1)N1CC2C[C@H](C1)Cn1c2cccc1=O. The van der Waals surface area contributed by atoms with Crippen LogP contribution in [0.3, 0.4) is 0 Å². The number of hydrogen-bond donors (Lipinski definition) is 0. The van der Waals surface area contributed by atoms with Crippen molar-refractivity contribution in [3.8, 4) is 0 Å². The molecule has 1 saturated heterocycles. The molecule has 0 spiro atoms. The minimum Gasteiger partial charge on any atom is -0.338 e. The molecule has 1 fully saturated rings. The lowest BCUT2D eigenvalue weighted by atomic mass is 9.83. The number of nitrogens with zero attached hydrogens (tertiary/aromatic N) is 6. The molecule has 2 aliphatic rings. The van der Waals surface area contributed by atoms with Crippen molar-refractivity contribution in [1.82, 2.24) is 29.7 Å². The minimum absolute atomic E-state index is 0.0513. The van der Waals surface area contributed by atoms with Gasteiger partial charge < -0.3 is 9.47 Å². The highest BCUT2D eigenvalue weighted by atomic mass is 16.2. The van der Waals surface area contributed by atoms with Crippen LogP contribution in [0.2, 0.25) is 0 Å². The molecule has 1 unspecified atom stereocenters. The molecule has 0 N–H and O–H groups in total. The topological polar surface area (TPSA) is 85.9 Å². The van der Waals surface area contributed by atoms with Crippen molar-refractivity contribution in [1.29, 1.82) is 0 Å². The first-order valence-corrected chi connectivity index (χ1v) is 9.46. The molecule has 2 aromatic heterocycles. The fourth-order valence-electron chi connectivity index (χ4n) is 4.44. The van der Waals surface area contributed by atoms with Gasteiger partial charge in [-0.05, 0) is 46.5 Å². The molecule has 8 heteroatoms. The largest absolute Gasteiger partial charge is 0.338 e. The van der Waals surface area contributed by atoms with Crippen molar-refractivity contribution < 1.29 is 4.79 Å². The molecule has 4 heterocycles. The Balaban J connectivity index is 1.33. The van der Waals surface area contributed by atoms with E-state index in [0.717, 1.165) is 17.7 Å². The van der Waals surface area contributed by atoms with Gasteiger partial charge in [0.15, 0.2) is 0 Å². The summed E-state index contributed by atoms with van der Waals surface area (Å²) < 4.78 is 3.52. The predicted octanol–water partition coefficient (Wildman–Crippen LogP) is 1.14. The van der Waals surface area contributed by atoms with Crippen LogP contribution in [0.4, 0.5) is 0 Å². The van der Waals surface area contributed by atoms with E-state index in [2.05, 4.69) is 15.5 Å². The van der Waals surface area contributed by atoms with Crippen LogP contribution in [0.15, 0.2) is 53.6 Å². The molecule has 3 aromatic rings. The summed E-state index contributed by atoms with van der Waals surface area (Å²) in [6.45, 7) is 2.62. The number of likely N-dealkylation sites (tertiary alicyclic amines) is 1. The molecule has 0 radical (unpaired) electrons. The van der Waals surface area contributed by atoms with E-state index in [0.29, 0.717) is 37.7 Å². The van der Waals surface area contributed by atoms with Crippen molar-refractivity contribution >= 4 is 5.91 Å². The number of carbonyl (C=O) groups is 1. The number of piperidine rings is 1. The number of carbonyl (C=O) groups excluding carboxylic acids is 1. The van der Waals surface area contributed by atoms with E-state index in [1.54, 1.807) is 17.1 Å². The zero-order chi connectivity index (χ0) is 19.1. The third kappa shape index (κ3) is 3.00. The standard InChI is InChI=1S/C20H20N6O2/c27-19-3-1-2-18-17-8-15(11-26(18)19)9-24(12-17)20(28)16-6-4-14(5-7-16)10-25-13-21-22-23-25/h1-7,13,15,17H,8-12H2/t15-,17?/m1/s1. The zero-order valence-corrected chi connectivity index (χ0v) is 15.3. The van der Waals surface area contributed by atoms with Crippen molar-refractivity contribution in [2.24, 2.45) is 5.92 Å². The highest BCUT2D eigenvalue weighted by molar-refractivity contribution is 5.94. The number of aromatic nitrogens is 5. The van der Waals surface area contributed by atoms with Gasteiger partial charge in [0.05, 0.1) is 6.54 Å². The lowest BCUT2D eigenvalue weighted by molar-refractivity contribution is 0.0594. The molecule has 2 atom stereocenters. The molecule has 1 amide bonds. The number of rotatable bonds is 3. The number of tetrazole rings is 1. The monoisotopic (exact) mass is 376 g/mol. The second kappa shape index (κ2) is 6.70. The summed E-state index contributed by atoms with van der Waals surface area (Å²) in [4.78, 5) is 27.1. The van der Waals surface area contributed by atoms with E-state index in [1.165, 1.54) is 0 Å². The van der Waals surface area contributed by atoms with Gasteiger partial charge in [-0.2, -0.15) is 0 Å². The van der Waals surface area contributed by atoms with E-state index in [9.17, 15) is 9.59 Å². The van der Waals surface area contributed by atoms with Crippen LogP contribution in [0.25, 0.3) is 0 Å². The van der Waals surface area contributed by atoms with Crippen LogP contribution in [-0.4, -0.2) is 48.7 Å². The van der Waals surface area contributed by atoms with Gasteiger partial charge in [0, 0.05) is 42.9 Å². The molecular weight excluding hydrogens is 356 g/mol. The van der Waals surface area contributed by atoms with Gasteiger partial charge >= 0.3 is 0 Å². The van der Waals surface area contributed by atoms with Crippen LogP contribution >= 0.6 is 0 Å². The van der Waals surface area contributed by atoms with Gasteiger partial charge in [-0.3, -0.25) is 9.59 Å². The van der Waals surface area contributed by atoms with Crippen LogP contribution in [0.1, 0.15) is 34.0 Å². The molecule has 5 rings (SSSR count). The van der Waals surface area contributed by atoms with Crippen molar-refractivity contribution in [3.63, 3.8) is 0 Å². The minimum atomic E-state index is 0.0513. The van der Waals surface area contributed by atoms with Gasteiger partial charge in [0.1, 0.15) is 6.33 Å². The third-order valence-corrected chi connectivity index (χ3v) is 5.70. The molecule has 2 bridgehead atoms. The van der Waals surface area contributed by atoms with Crippen LogP contribution in [0.5, 0.6) is 0 Å². The Kier molecular flexibility index (Phi) is 4.03. The second-order valence-electron chi connectivity index (χ2n) is 7.61. The first-order valence-electron chi connectivity index (χ1n) is 9.46. The van der Waals surface area contributed by atoms with Gasteiger partial charge in [-0.25, -0.2) is 4.68 Å². The lowest BCUT2D eigenvalue weighted by Crippen LogP contribution is -2.49. The Bertz CT molecular complexity index is 1060. The summed E-state index contributed by atoms with van der Waals surface area (Å²) >= 11 is 0. The maximum atomic E-state index is 13.1. The van der Waals surface area contributed by atoms with Crippen molar-refractivity contribution in [2.45, 2.75) is 25.4 Å². The summed E-state index contributed by atoms with van der Waals surface area (Å²) in [5.74, 6) is 0.606. The van der Waals surface area contributed by atoms with E-state index >= 15 is 0 Å². The summed E-state index contributed by atoms with van der Waals surface area (Å²) in [6, 6.07) is 13.1. The molecule has 1 aromatic carbocycles. The van der Waals surface area contributed by atoms with Crippen LogP contribution in [0, 0.1) is 5.92 Å². The Hall–Kier alpha value is -3.29. The van der Waals surface area contributed by atoms with Crippen molar-refractivity contribution in [3.05, 3.63) is 76.0 Å². The number of pyridine rings is 1. The molecular formula is C20H20N6O2. The number of benzene rings is 1. The normalized spacial score (nSPS) is 20.6. The number of hydrogen-bond acceptors (Lipinski definition) is 5. The first kappa shape index (κ1) is 16.9. The summed E-state index contributed by atoms with van der Waals surface area (Å²) in [5, 5.41) is 11.1. The van der Waals surface area contributed by atoms with E-state index in [1.807, 2.05) is 45.9 Å². The molecule has 8 nitrogen and oxygen atoms in total. The summed E-state index contributed by atoms with van der Waals surface area (Å²) in [5.41, 5.74) is 2.83.